The number of amides is 1. The first-order valence-corrected chi connectivity index (χ1v) is 8.64. The van der Waals surface area contributed by atoms with E-state index in [1.165, 1.54) is 17.3 Å². The van der Waals surface area contributed by atoms with E-state index in [1.54, 1.807) is 18.4 Å². The molecule has 1 aromatic carbocycles. The summed E-state index contributed by atoms with van der Waals surface area (Å²) in [5.74, 6) is 1.08. The van der Waals surface area contributed by atoms with Crippen LogP contribution < -0.4 is 5.32 Å². The second-order valence-corrected chi connectivity index (χ2v) is 6.73. The van der Waals surface area contributed by atoms with E-state index in [0.29, 0.717) is 5.75 Å². The molecule has 0 fully saturated rings. The molecule has 6 heteroatoms. The summed E-state index contributed by atoms with van der Waals surface area (Å²) in [6.07, 6.45) is 0. The van der Waals surface area contributed by atoms with Crippen LogP contribution in [0.4, 0.5) is 0 Å². The second kappa shape index (κ2) is 6.46. The molecule has 1 N–H and O–H groups in total. The lowest BCUT2D eigenvalue weighted by Crippen LogP contribution is -2.19. The molecule has 0 aliphatic rings. The van der Waals surface area contributed by atoms with Crippen molar-refractivity contribution in [3.8, 4) is 10.4 Å². The van der Waals surface area contributed by atoms with Crippen molar-refractivity contribution in [1.29, 1.82) is 0 Å². The van der Waals surface area contributed by atoms with E-state index in [-0.39, 0.29) is 5.91 Å². The molecule has 4 nitrogen and oxygen atoms in total. The Morgan fingerprint density at radius 1 is 1.27 bits per heavy atom. The largest absolute Gasteiger partial charge is 0.358 e. The number of rotatable bonds is 4. The van der Waals surface area contributed by atoms with Crippen LogP contribution in [0.5, 0.6) is 0 Å². The number of hydrogen-bond donors (Lipinski definition) is 1. The van der Waals surface area contributed by atoms with Crippen molar-refractivity contribution in [3.63, 3.8) is 0 Å². The normalized spacial score (nSPS) is 10.8. The summed E-state index contributed by atoms with van der Waals surface area (Å²) < 4.78 is 0. The van der Waals surface area contributed by atoms with E-state index in [1.807, 2.05) is 25.1 Å². The van der Waals surface area contributed by atoms with Gasteiger partial charge in [0.1, 0.15) is 15.7 Å². The molecule has 2 aromatic heterocycles. The van der Waals surface area contributed by atoms with Crippen molar-refractivity contribution in [1.82, 2.24) is 15.3 Å². The third-order valence-corrected chi connectivity index (χ3v) is 5.22. The fourth-order valence-electron chi connectivity index (χ4n) is 2.06. The third-order valence-electron chi connectivity index (χ3n) is 3.15. The molecule has 0 saturated carbocycles. The standard InChI is InChI=1S/C16H15N3OS2/c1-10-18-15(21-9-14(20)17-2)12-8-13(22-16(12)19-10)11-6-4-3-5-7-11/h3-8H,9H2,1-2H3,(H,17,20). The van der Waals surface area contributed by atoms with Crippen LogP contribution in [0.25, 0.3) is 20.7 Å². The highest BCUT2D eigenvalue weighted by molar-refractivity contribution is 8.00. The van der Waals surface area contributed by atoms with Gasteiger partial charge in [0, 0.05) is 17.3 Å². The molecular formula is C16H15N3OS2. The number of fused-ring (bicyclic) bond motifs is 1. The summed E-state index contributed by atoms with van der Waals surface area (Å²) in [5.41, 5.74) is 1.17. The van der Waals surface area contributed by atoms with Gasteiger partial charge in [-0.25, -0.2) is 9.97 Å². The Bertz CT molecular complexity index is 815. The minimum Gasteiger partial charge on any atom is -0.358 e. The molecule has 0 aliphatic heterocycles. The second-order valence-electron chi connectivity index (χ2n) is 4.73. The van der Waals surface area contributed by atoms with Crippen LogP contribution in [-0.2, 0) is 4.79 Å². The molecule has 22 heavy (non-hydrogen) atoms. The lowest BCUT2D eigenvalue weighted by molar-refractivity contribution is -0.118. The molecule has 112 valence electrons. The number of aromatic nitrogens is 2. The van der Waals surface area contributed by atoms with Crippen LogP contribution in [0.15, 0.2) is 41.4 Å². The van der Waals surface area contributed by atoms with E-state index in [9.17, 15) is 4.79 Å². The van der Waals surface area contributed by atoms with Gasteiger partial charge >= 0.3 is 0 Å². The van der Waals surface area contributed by atoms with Crippen LogP contribution in [0.2, 0.25) is 0 Å². The topological polar surface area (TPSA) is 54.9 Å². The fourth-order valence-corrected chi connectivity index (χ4v) is 4.12. The van der Waals surface area contributed by atoms with Gasteiger partial charge in [0.15, 0.2) is 0 Å². The van der Waals surface area contributed by atoms with Crippen molar-refractivity contribution < 1.29 is 4.79 Å². The number of thioether (sulfide) groups is 1. The third kappa shape index (κ3) is 3.13. The molecule has 0 spiro atoms. The van der Waals surface area contributed by atoms with E-state index >= 15 is 0 Å². The van der Waals surface area contributed by atoms with E-state index < -0.39 is 0 Å². The maximum Gasteiger partial charge on any atom is 0.230 e. The first-order chi connectivity index (χ1) is 10.7. The minimum atomic E-state index is -0.00655. The molecule has 3 aromatic rings. The molecule has 3 rings (SSSR count). The highest BCUT2D eigenvalue weighted by atomic mass is 32.2. The monoisotopic (exact) mass is 329 g/mol. The molecule has 2 heterocycles. The number of benzene rings is 1. The van der Waals surface area contributed by atoms with E-state index in [4.69, 9.17) is 0 Å². The maximum atomic E-state index is 11.5. The summed E-state index contributed by atoms with van der Waals surface area (Å²) >= 11 is 3.10. The molecule has 0 saturated heterocycles. The van der Waals surface area contributed by atoms with Gasteiger partial charge in [0.05, 0.1) is 5.75 Å². The zero-order valence-electron chi connectivity index (χ0n) is 12.3. The van der Waals surface area contributed by atoms with Crippen LogP contribution in [0.1, 0.15) is 5.82 Å². The molecule has 0 radical (unpaired) electrons. The summed E-state index contributed by atoms with van der Waals surface area (Å²) in [7, 11) is 1.64. The number of thiophene rings is 1. The van der Waals surface area contributed by atoms with Crippen LogP contribution in [0.3, 0.4) is 0 Å². The van der Waals surface area contributed by atoms with Crippen LogP contribution in [0, 0.1) is 6.92 Å². The summed E-state index contributed by atoms with van der Waals surface area (Å²) in [6.45, 7) is 1.88. The van der Waals surface area contributed by atoms with Crippen molar-refractivity contribution in [2.24, 2.45) is 0 Å². The Balaban J connectivity index is 2.01. The van der Waals surface area contributed by atoms with Gasteiger partial charge in [0.2, 0.25) is 5.91 Å². The number of hydrogen-bond acceptors (Lipinski definition) is 5. The summed E-state index contributed by atoms with van der Waals surface area (Å²) in [5, 5.41) is 4.51. The number of aryl methyl sites for hydroxylation is 1. The van der Waals surface area contributed by atoms with Crippen molar-refractivity contribution in [2.75, 3.05) is 12.8 Å². The zero-order valence-corrected chi connectivity index (χ0v) is 13.9. The summed E-state index contributed by atoms with van der Waals surface area (Å²) in [6, 6.07) is 12.3. The Morgan fingerprint density at radius 3 is 2.77 bits per heavy atom. The SMILES string of the molecule is CNC(=O)CSc1nc(C)nc2sc(-c3ccccc3)cc12. The average molecular weight is 329 g/mol. The quantitative estimate of drug-likeness (QED) is 0.588. The molecular weight excluding hydrogens is 314 g/mol. The molecule has 0 atom stereocenters. The fraction of sp³-hybridized carbons (Fsp3) is 0.188. The van der Waals surface area contributed by atoms with Crippen molar-refractivity contribution in [3.05, 3.63) is 42.2 Å². The zero-order chi connectivity index (χ0) is 15.5. The first kappa shape index (κ1) is 15.0. The van der Waals surface area contributed by atoms with Crippen LogP contribution >= 0.6 is 23.1 Å². The number of carbonyl (C=O) groups excluding carboxylic acids is 1. The van der Waals surface area contributed by atoms with Crippen LogP contribution in [-0.4, -0.2) is 28.7 Å². The Hall–Kier alpha value is -1.92. The molecule has 0 unspecified atom stereocenters. The smallest absolute Gasteiger partial charge is 0.230 e. The molecule has 0 aliphatic carbocycles. The van der Waals surface area contributed by atoms with Gasteiger partial charge in [-0.3, -0.25) is 4.79 Å². The molecule has 1 amide bonds. The van der Waals surface area contributed by atoms with Gasteiger partial charge < -0.3 is 5.32 Å². The highest BCUT2D eigenvalue weighted by Crippen LogP contribution is 2.36. The number of carbonyl (C=O) groups is 1. The Morgan fingerprint density at radius 2 is 2.05 bits per heavy atom. The number of nitrogens with zero attached hydrogens (tertiary/aromatic N) is 2. The maximum absolute atomic E-state index is 11.5. The highest BCUT2D eigenvalue weighted by Gasteiger charge is 2.13. The van der Waals surface area contributed by atoms with Gasteiger partial charge in [-0.2, -0.15) is 0 Å². The van der Waals surface area contributed by atoms with Crippen molar-refractivity contribution >= 4 is 39.2 Å². The lowest BCUT2D eigenvalue weighted by atomic mass is 10.2. The van der Waals surface area contributed by atoms with Gasteiger partial charge in [0.25, 0.3) is 0 Å². The van der Waals surface area contributed by atoms with E-state index in [0.717, 1.165) is 25.9 Å². The van der Waals surface area contributed by atoms with Gasteiger partial charge in [-0.15, -0.1) is 11.3 Å². The Kier molecular flexibility index (Phi) is 4.40. The first-order valence-electron chi connectivity index (χ1n) is 6.84. The minimum absolute atomic E-state index is 0.00655. The van der Waals surface area contributed by atoms with Crippen molar-refractivity contribution in [2.45, 2.75) is 11.9 Å². The Labute approximate surface area is 137 Å². The average Bonchev–Trinajstić information content (AvgIpc) is 2.97. The lowest BCUT2D eigenvalue weighted by Gasteiger charge is -2.02. The van der Waals surface area contributed by atoms with Gasteiger partial charge in [-0.05, 0) is 18.6 Å². The van der Waals surface area contributed by atoms with E-state index in [2.05, 4.69) is 33.5 Å². The predicted octanol–water partition coefficient (Wildman–Crippen LogP) is 3.50. The molecule has 0 bridgehead atoms. The number of nitrogens with one attached hydrogen (secondary N) is 1. The van der Waals surface area contributed by atoms with Gasteiger partial charge in [-0.1, -0.05) is 42.1 Å². The summed E-state index contributed by atoms with van der Waals surface area (Å²) in [4.78, 5) is 22.6. The predicted molar refractivity (Wildman–Crippen MR) is 92.4 cm³/mol.